The van der Waals surface area contributed by atoms with E-state index >= 15 is 0 Å². The van der Waals surface area contributed by atoms with Crippen LogP contribution in [0.15, 0.2) is 54.6 Å². The van der Waals surface area contributed by atoms with Crippen LogP contribution in [0.25, 0.3) is 0 Å². The molecule has 2 N–H and O–H groups in total. The number of benzene rings is 2. The lowest BCUT2D eigenvalue weighted by molar-refractivity contribution is -0.138. The Bertz CT molecular complexity index is 673. The van der Waals surface area contributed by atoms with Crippen LogP contribution in [-0.2, 0) is 16.0 Å². The number of thiol groups is 1. The molecular weight excluding hydrogens is 326 g/mol. The predicted molar refractivity (Wildman–Crippen MR) is 94.7 cm³/mol. The number of hydrogen-bond donors (Lipinski definition) is 3. The molecule has 0 heterocycles. The quantitative estimate of drug-likeness (QED) is 0.643. The van der Waals surface area contributed by atoms with Gasteiger partial charge in [-0.1, -0.05) is 30.3 Å². The molecule has 0 aliphatic heterocycles. The Hall–Kier alpha value is -2.47. The number of para-hydroxylation sites is 1. The topological polar surface area (TPSA) is 75.6 Å². The zero-order valence-corrected chi connectivity index (χ0v) is 13.9. The van der Waals surface area contributed by atoms with Gasteiger partial charge in [0.2, 0.25) is 5.91 Å². The zero-order valence-electron chi connectivity index (χ0n) is 13.0. The molecule has 2 rings (SSSR count). The highest BCUT2D eigenvalue weighted by molar-refractivity contribution is 7.80. The van der Waals surface area contributed by atoms with Crippen molar-refractivity contribution in [1.82, 2.24) is 5.32 Å². The van der Waals surface area contributed by atoms with E-state index in [4.69, 9.17) is 9.84 Å². The van der Waals surface area contributed by atoms with Gasteiger partial charge in [-0.3, -0.25) is 9.59 Å². The summed E-state index contributed by atoms with van der Waals surface area (Å²) in [5.41, 5.74) is 0.958. The number of nitrogens with one attached hydrogen (secondary N) is 1. The first-order valence-corrected chi connectivity index (χ1v) is 8.14. The zero-order chi connectivity index (χ0) is 17.4. The highest BCUT2D eigenvalue weighted by Gasteiger charge is 2.18. The van der Waals surface area contributed by atoms with Crippen molar-refractivity contribution in [2.24, 2.45) is 5.92 Å². The lowest BCUT2D eigenvalue weighted by Gasteiger charge is -2.14. The normalized spacial score (nSPS) is 11.5. The monoisotopic (exact) mass is 345 g/mol. The molecule has 0 aliphatic rings. The molecule has 1 atom stereocenters. The molecule has 1 unspecified atom stereocenters. The summed E-state index contributed by atoms with van der Waals surface area (Å²) in [6.45, 7) is -0.382. The third-order valence-corrected chi connectivity index (χ3v) is 3.83. The molecule has 2 aromatic carbocycles. The van der Waals surface area contributed by atoms with Gasteiger partial charge in [-0.2, -0.15) is 12.6 Å². The van der Waals surface area contributed by atoms with Crippen molar-refractivity contribution >= 4 is 24.5 Å². The second-order valence-electron chi connectivity index (χ2n) is 5.25. The van der Waals surface area contributed by atoms with Crippen LogP contribution >= 0.6 is 12.6 Å². The van der Waals surface area contributed by atoms with E-state index in [9.17, 15) is 9.59 Å². The highest BCUT2D eigenvalue weighted by atomic mass is 32.1. The standard InChI is InChI=1S/C18H19NO4S/c20-17(21)11-19-18(22)14(12-24)10-13-6-8-16(9-7-13)23-15-4-2-1-3-5-15/h1-9,14,24H,10-12H2,(H,19,22)(H,20,21). The number of carboxylic acid groups (broad SMARTS) is 1. The number of carbonyl (C=O) groups excluding carboxylic acids is 1. The Labute approximate surface area is 146 Å². The van der Waals surface area contributed by atoms with E-state index < -0.39 is 5.97 Å². The summed E-state index contributed by atoms with van der Waals surface area (Å²) in [5, 5.41) is 11.0. The van der Waals surface area contributed by atoms with Crippen molar-refractivity contribution in [3.05, 3.63) is 60.2 Å². The van der Waals surface area contributed by atoms with Crippen LogP contribution in [0.2, 0.25) is 0 Å². The van der Waals surface area contributed by atoms with E-state index in [0.29, 0.717) is 17.9 Å². The fourth-order valence-corrected chi connectivity index (χ4v) is 2.44. The average Bonchev–Trinajstić information content (AvgIpc) is 2.60. The predicted octanol–water partition coefficient (Wildman–Crippen LogP) is 2.77. The molecule has 1 amide bonds. The minimum Gasteiger partial charge on any atom is -0.480 e. The van der Waals surface area contributed by atoms with E-state index in [1.807, 2.05) is 54.6 Å². The molecule has 0 radical (unpaired) electrons. The first-order chi connectivity index (χ1) is 11.6. The Morgan fingerprint density at radius 3 is 2.25 bits per heavy atom. The molecule has 6 heteroatoms. The lowest BCUT2D eigenvalue weighted by atomic mass is 10.00. The third kappa shape index (κ3) is 5.62. The molecule has 126 valence electrons. The van der Waals surface area contributed by atoms with Gasteiger partial charge in [-0.25, -0.2) is 0 Å². The maximum Gasteiger partial charge on any atom is 0.322 e. The Balaban J connectivity index is 1.94. The van der Waals surface area contributed by atoms with Crippen molar-refractivity contribution in [2.45, 2.75) is 6.42 Å². The van der Waals surface area contributed by atoms with Gasteiger partial charge < -0.3 is 15.2 Å². The molecule has 0 bridgehead atoms. The van der Waals surface area contributed by atoms with E-state index in [1.54, 1.807) is 0 Å². The van der Waals surface area contributed by atoms with Gasteiger partial charge in [0.1, 0.15) is 18.0 Å². The molecule has 0 aliphatic carbocycles. The molecule has 0 aromatic heterocycles. The highest BCUT2D eigenvalue weighted by Crippen LogP contribution is 2.22. The molecule has 0 saturated carbocycles. The van der Waals surface area contributed by atoms with Crippen LogP contribution in [0, 0.1) is 5.92 Å². The van der Waals surface area contributed by atoms with Crippen molar-refractivity contribution in [3.63, 3.8) is 0 Å². The van der Waals surface area contributed by atoms with Gasteiger partial charge in [0.15, 0.2) is 0 Å². The van der Waals surface area contributed by atoms with Crippen LogP contribution < -0.4 is 10.1 Å². The van der Waals surface area contributed by atoms with Crippen molar-refractivity contribution < 1.29 is 19.4 Å². The number of rotatable bonds is 8. The molecule has 0 fully saturated rings. The molecule has 5 nitrogen and oxygen atoms in total. The van der Waals surface area contributed by atoms with Crippen molar-refractivity contribution in [2.75, 3.05) is 12.3 Å². The van der Waals surface area contributed by atoms with Gasteiger partial charge in [0.05, 0.1) is 5.92 Å². The first kappa shape index (κ1) is 17.9. The molecule has 2 aromatic rings. The van der Waals surface area contributed by atoms with Gasteiger partial charge in [0.25, 0.3) is 0 Å². The average molecular weight is 345 g/mol. The number of amides is 1. The summed E-state index contributed by atoms with van der Waals surface area (Å²) in [5.74, 6) is 0.0526. The molecular formula is C18H19NO4S. The maximum absolute atomic E-state index is 11.9. The Kier molecular flexibility index (Phi) is 6.69. The number of aliphatic carboxylic acids is 1. The van der Waals surface area contributed by atoms with Gasteiger partial charge in [-0.05, 0) is 36.2 Å². The van der Waals surface area contributed by atoms with E-state index in [0.717, 1.165) is 11.3 Å². The summed E-state index contributed by atoms with van der Waals surface area (Å²) < 4.78 is 5.72. The smallest absolute Gasteiger partial charge is 0.322 e. The number of carboxylic acids is 1. The Morgan fingerprint density at radius 1 is 1.04 bits per heavy atom. The van der Waals surface area contributed by atoms with E-state index in [-0.39, 0.29) is 18.4 Å². The summed E-state index contributed by atoms with van der Waals surface area (Å²) >= 11 is 4.18. The van der Waals surface area contributed by atoms with Crippen LogP contribution in [0.5, 0.6) is 11.5 Å². The first-order valence-electron chi connectivity index (χ1n) is 7.50. The third-order valence-electron chi connectivity index (χ3n) is 3.39. The minimum atomic E-state index is -1.07. The SMILES string of the molecule is O=C(O)CNC(=O)C(CS)Cc1ccc(Oc2ccccc2)cc1. The van der Waals surface area contributed by atoms with Gasteiger partial charge in [-0.15, -0.1) is 0 Å². The van der Waals surface area contributed by atoms with Crippen LogP contribution in [-0.4, -0.2) is 29.3 Å². The number of hydrogen-bond acceptors (Lipinski definition) is 4. The summed E-state index contributed by atoms with van der Waals surface area (Å²) in [4.78, 5) is 22.5. The fourth-order valence-electron chi connectivity index (χ4n) is 2.15. The van der Waals surface area contributed by atoms with Crippen LogP contribution in [0.3, 0.4) is 0 Å². The van der Waals surface area contributed by atoms with Crippen LogP contribution in [0.1, 0.15) is 5.56 Å². The summed E-state index contributed by atoms with van der Waals surface area (Å²) in [6.07, 6.45) is 0.487. The maximum atomic E-state index is 11.9. The number of ether oxygens (including phenoxy) is 1. The number of carbonyl (C=O) groups is 2. The molecule has 0 spiro atoms. The second kappa shape index (κ2) is 8.98. The second-order valence-corrected chi connectivity index (χ2v) is 5.62. The van der Waals surface area contributed by atoms with E-state index in [1.165, 1.54) is 0 Å². The van der Waals surface area contributed by atoms with Crippen LogP contribution in [0.4, 0.5) is 0 Å². The molecule has 0 saturated heterocycles. The molecule has 24 heavy (non-hydrogen) atoms. The van der Waals surface area contributed by atoms with Gasteiger partial charge in [0, 0.05) is 5.75 Å². The fraction of sp³-hybridized carbons (Fsp3) is 0.222. The minimum absolute atomic E-state index is 0.308. The van der Waals surface area contributed by atoms with E-state index in [2.05, 4.69) is 17.9 Å². The van der Waals surface area contributed by atoms with Crippen molar-refractivity contribution in [3.8, 4) is 11.5 Å². The van der Waals surface area contributed by atoms with Crippen molar-refractivity contribution in [1.29, 1.82) is 0 Å². The Morgan fingerprint density at radius 2 is 1.67 bits per heavy atom. The van der Waals surface area contributed by atoms with Gasteiger partial charge >= 0.3 is 5.97 Å². The summed E-state index contributed by atoms with van der Waals surface area (Å²) in [7, 11) is 0. The largest absolute Gasteiger partial charge is 0.480 e. The summed E-state index contributed by atoms with van der Waals surface area (Å²) in [6, 6.07) is 16.9. The lowest BCUT2D eigenvalue weighted by Crippen LogP contribution is -2.36.